The fraction of sp³-hybridized carbons (Fsp3) is 0.111. The monoisotopic (exact) mass is 620 g/mol. The van der Waals surface area contributed by atoms with Crippen LogP contribution in [0, 0.1) is 0 Å². The van der Waals surface area contributed by atoms with Crippen LogP contribution in [0.15, 0.2) is 146 Å². The number of carbonyl (C=O) groups is 2. The molecule has 0 bridgehead atoms. The zero-order valence-electron chi connectivity index (χ0n) is 24.2. The summed E-state index contributed by atoms with van der Waals surface area (Å²) in [6.45, 7) is 0.568. The zero-order valence-corrected chi connectivity index (χ0v) is 26.0. The van der Waals surface area contributed by atoms with Crippen LogP contribution in [0.5, 0.6) is 0 Å². The van der Waals surface area contributed by atoms with Gasteiger partial charge in [0.1, 0.15) is 0 Å². The molecule has 0 aliphatic heterocycles. The predicted molar refractivity (Wildman–Crippen MR) is 179 cm³/mol. The van der Waals surface area contributed by atoms with Gasteiger partial charge in [-0.3, -0.25) is 9.59 Å². The second-order valence-electron chi connectivity index (χ2n) is 10.5. The fourth-order valence-corrected chi connectivity index (χ4v) is 10.0. The van der Waals surface area contributed by atoms with E-state index in [0.29, 0.717) is 21.2 Å². The largest absolute Gasteiger partial charge is 0.352 e. The summed E-state index contributed by atoms with van der Waals surface area (Å²) in [6.07, 6.45) is -0.248. The molecular formula is C36H34N2O4P2. The van der Waals surface area contributed by atoms with Gasteiger partial charge in [-0.05, 0) is 11.1 Å². The Hall–Kier alpha value is -4.50. The first-order valence-electron chi connectivity index (χ1n) is 14.4. The van der Waals surface area contributed by atoms with Crippen molar-refractivity contribution in [2.45, 2.75) is 13.1 Å². The first-order chi connectivity index (χ1) is 21.4. The van der Waals surface area contributed by atoms with Crippen molar-refractivity contribution in [2.24, 2.45) is 0 Å². The van der Waals surface area contributed by atoms with Crippen LogP contribution in [-0.2, 0) is 31.8 Å². The number of carbonyl (C=O) groups excluding carboxylic acids is 2. The Morgan fingerprint density at radius 1 is 0.409 bits per heavy atom. The average Bonchev–Trinajstić information content (AvgIpc) is 3.08. The van der Waals surface area contributed by atoms with Crippen molar-refractivity contribution < 1.29 is 18.7 Å². The summed E-state index contributed by atoms with van der Waals surface area (Å²) in [4.78, 5) is 26.0. The number of hydrogen-bond donors (Lipinski definition) is 2. The summed E-state index contributed by atoms with van der Waals surface area (Å²) in [6, 6.07) is 44.1. The van der Waals surface area contributed by atoms with Crippen LogP contribution in [0.4, 0.5) is 0 Å². The Kier molecular flexibility index (Phi) is 10.1. The van der Waals surface area contributed by atoms with Gasteiger partial charge in [0.05, 0.1) is 12.3 Å². The van der Waals surface area contributed by atoms with E-state index in [9.17, 15) is 18.7 Å². The second-order valence-corrected chi connectivity index (χ2v) is 16.2. The van der Waals surface area contributed by atoms with Gasteiger partial charge in [0.2, 0.25) is 11.8 Å². The van der Waals surface area contributed by atoms with Gasteiger partial charge in [0, 0.05) is 34.3 Å². The van der Waals surface area contributed by atoms with Crippen LogP contribution in [0.2, 0.25) is 0 Å². The fourth-order valence-electron chi connectivity index (χ4n) is 5.03. The van der Waals surface area contributed by atoms with E-state index in [1.165, 1.54) is 0 Å². The lowest BCUT2D eigenvalue weighted by Crippen LogP contribution is -2.31. The molecule has 222 valence electrons. The molecule has 5 rings (SSSR count). The van der Waals surface area contributed by atoms with Crippen molar-refractivity contribution in [1.82, 2.24) is 10.6 Å². The van der Waals surface area contributed by atoms with Gasteiger partial charge in [0.15, 0.2) is 14.3 Å². The molecule has 0 saturated heterocycles. The van der Waals surface area contributed by atoms with Crippen molar-refractivity contribution in [3.63, 3.8) is 0 Å². The highest BCUT2D eigenvalue weighted by Crippen LogP contribution is 2.43. The third-order valence-electron chi connectivity index (χ3n) is 7.43. The van der Waals surface area contributed by atoms with Crippen molar-refractivity contribution >= 4 is 47.3 Å². The maximum atomic E-state index is 14.1. The number of rotatable bonds is 12. The van der Waals surface area contributed by atoms with Crippen LogP contribution in [0.25, 0.3) is 0 Å². The van der Waals surface area contributed by atoms with Crippen LogP contribution < -0.4 is 31.9 Å². The first kappa shape index (κ1) is 30.9. The molecule has 2 N–H and O–H groups in total. The molecule has 0 saturated carbocycles. The third kappa shape index (κ3) is 7.52. The molecule has 0 aliphatic rings. The van der Waals surface area contributed by atoms with E-state index in [1.54, 1.807) is 48.5 Å². The Labute approximate surface area is 258 Å². The van der Waals surface area contributed by atoms with Crippen LogP contribution in [0.1, 0.15) is 11.1 Å². The molecule has 0 aromatic heterocycles. The van der Waals surface area contributed by atoms with E-state index < -0.39 is 14.3 Å². The van der Waals surface area contributed by atoms with Gasteiger partial charge in [-0.15, -0.1) is 0 Å². The first-order valence-corrected chi connectivity index (χ1v) is 18.2. The Morgan fingerprint density at radius 2 is 0.659 bits per heavy atom. The molecule has 5 aromatic carbocycles. The lowest BCUT2D eigenvalue weighted by Gasteiger charge is -2.19. The van der Waals surface area contributed by atoms with Gasteiger partial charge < -0.3 is 19.8 Å². The van der Waals surface area contributed by atoms with E-state index in [-0.39, 0.29) is 37.2 Å². The highest BCUT2D eigenvalue weighted by molar-refractivity contribution is 7.79. The minimum absolute atomic E-state index is 0.124. The number of nitrogens with one attached hydrogen (secondary N) is 2. The molecule has 0 fully saturated rings. The molecule has 2 amide bonds. The molecule has 0 atom stereocenters. The average molecular weight is 621 g/mol. The maximum Gasteiger partial charge on any atom is 0.228 e. The van der Waals surface area contributed by atoms with Crippen molar-refractivity contribution in [1.29, 1.82) is 0 Å². The molecular weight excluding hydrogens is 586 g/mol. The number of hydrogen-bond acceptors (Lipinski definition) is 4. The molecule has 8 heteroatoms. The van der Waals surface area contributed by atoms with Gasteiger partial charge in [0.25, 0.3) is 0 Å². The van der Waals surface area contributed by atoms with Crippen LogP contribution in [0.3, 0.4) is 0 Å². The lowest BCUT2D eigenvalue weighted by atomic mass is 10.1. The molecule has 44 heavy (non-hydrogen) atoms. The standard InChI is InChI=1S/C36H34N2O4P2/c39-35(27-43(41,31-13-5-1-6-14-31)32-15-7-2-8-16-32)37-25-29-21-23-30(24-22-29)26-38-36(40)28-44(42,33-17-9-3-10-18-33)34-19-11-4-12-20-34/h1-24H,25-28H2,(H,37,39)(H,38,40). The van der Waals surface area contributed by atoms with Crippen LogP contribution >= 0.6 is 14.3 Å². The summed E-state index contributed by atoms with van der Waals surface area (Å²) < 4.78 is 28.3. The summed E-state index contributed by atoms with van der Waals surface area (Å²) in [5.41, 5.74) is 1.75. The summed E-state index contributed by atoms with van der Waals surface area (Å²) >= 11 is 0. The normalized spacial score (nSPS) is 11.5. The van der Waals surface area contributed by atoms with Crippen molar-refractivity contribution in [3.05, 3.63) is 157 Å². The van der Waals surface area contributed by atoms with Gasteiger partial charge in [-0.2, -0.15) is 0 Å². The summed E-state index contributed by atoms with van der Waals surface area (Å²) in [5.74, 6) is -0.586. The molecule has 6 nitrogen and oxygen atoms in total. The van der Waals surface area contributed by atoms with E-state index in [0.717, 1.165) is 11.1 Å². The number of amides is 2. The van der Waals surface area contributed by atoms with Crippen molar-refractivity contribution in [3.8, 4) is 0 Å². The molecule has 0 radical (unpaired) electrons. The summed E-state index contributed by atoms with van der Waals surface area (Å²) in [7, 11) is -6.31. The predicted octanol–water partition coefficient (Wildman–Crippen LogP) is 4.95. The number of benzene rings is 5. The van der Waals surface area contributed by atoms with Crippen LogP contribution in [-0.4, -0.2) is 24.1 Å². The minimum atomic E-state index is -3.15. The minimum Gasteiger partial charge on any atom is -0.352 e. The van der Waals surface area contributed by atoms with E-state index >= 15 is 0 Å². The van der Waals surface area contributed by atoms with E-state index in [1.807, 2.05) is 97.1 Å². The maximum absolute atomic E-state index is 14.1. The van der Waals surface area contributed by atoms with Crippen molar-refractivity contribution in [2.75, 3.05) is 12.3 Å². The lowest BCUT2D eigenvalue weighted by molar-refractivity contribution is -0.119. The quantitative estimate of drug-likeness (QED) is 0.193. The summed E-state index contributed by atoms with van der Waals surface area (Å²) in [5, 5.41) is 8.42. The highest BCUT2D eigenvalue weighted by Gasteiger charge is 2.31. The smallest absolute Gasteiger partial charge is 0.228 e. The molecule has 5 aromatic rings. The van der Waals surface area contributed by atoms with E-state index in [4.69, 9.17) is 0 Å². The Balaban J connectivity index is 1.17. The molecule has 0 aliphatic carbocycles. The third-order valence-corrected chi connectivity index (χ3v) is 13.4. The van der Waals surface area contributed by atoms with Gasteiger partial charge in [-0.25, -0.2) is 0 Å². The molecule has 0 heterocycles. The molecule has 0 unspecified atom stereocenters. The SMILES string of the molecule is O=C(CP(=O)(c1ccccc1)c1ccccc1)NCc1ccc(CNC(=O)CP(=O)(c2ccccc2)c2ccccc2)cc1. The highest BCUT2D eigenvalue weighted by atomic mass is 31.2. The topological polar surface area (TPSA) is 92.3 Å². The molecule has 0 spiro atoms. The Morgan fingerprint density at radius 3 is 0.909 bits per heavy atom. The second kappa shape index (κ2) is 14.3. The van der Waals surface area contributed by atoms with Gasteiger partial charge >= 0.3 is 0 Å². The van der Waals surface area contributed by atoms with E-state index in [2.05, 4.69) is 10.6 Å². The van der Waals surface area contributed by atoms with Gasteiger partial charge in [-0.1, -0.05) is 146 Å². The zero-order chi connectivity index (χ0) is 30.8. The Bertz CT molecular complexity index is 1560.